The standard InChI is InChI=1S/C15H21N3O6S/c1-24-15(19)14(10-6-8-11(16)9-7-10)17-25(22,23)13-5-3-2-4-12(13)18(20)21/h2-5,10-11,14,17H,6-9,16H2,1H3/t10?,11?,14-/m1/s1. The van der Waals surface area contributed by atoms with Crippen LogP contribution in [0.2, 0.25) is 0 Å². The maximum absolute atomic E-state index is 12.6. The van der Waals surface area contributed by atoms with Crippen LogP contribution in [0.3, 0.4) is 0 Å². The van der Waals surface area contributed by atoms with Crippen molar-refractivity contribution < 1.29 is 22.9 Å². The van der Waals surface area contributed by atoms with Crippen molar-refractivity contribution in [1.29, 1.82) is 0 Å². The monoisotopic (exact) mass is 371 g/mol. The molecule has 1 aromatic carbocycles. The highest BCUT2D eigenvalue weighted by Crippen LogP contribution is 2.29. The summed E-state index contributed by atoms with van der Waals surface area (Å²) in [6, 6.07) is 3.90. The van der Waals surface area contributed by atoms with Crippen LogP contribution in [0, 0.1) is 16.0 Å². The molecule has 0 spiro atoms. The van der Waals surface area contributed by atoms with Gasteiger partial charge in [0.1, 0.15) is 6.04 Å². The van der Waals surface area contributed by atoms with Crippen molar-refractivity contribution in [2.75, 3.05) is 7.11 Å². The highest BCUT2D eigenvalue weighted by molar-refractivity contribution is 7.89. The molecule has 10 heteroatoms. The Morgan fingerprint density at radius 3 is 2.48 bits per heavy atom. The first-order valence-electron chi connectivity index (χ1n) is 7.85. The molecule has 0 radical (unpaired) electrons. The number of nitrogens with zero attached hydrogens (tertiary/aromatic N) is 1. The first kappa shape index (κ1) is 19.3. The Morgan fingerprint density at radius 2 is 1.92 bits per heavy atom. The third-order valence-corrected chi connectivity index (χ3v) is 5.87. The molecule has 0 aliphatic heterocycles. The van der Waals surface area contributed by atoms with Gasteiger partial charge in [-0.25, -0.2) is 8.42 Å². The number of esters is 1. The molecule has 25 heavy (non-hydrogen) atoms. The van der Waals surface area contributed by atoms with Crippen LogP contribution in [0.1, 0.15) is 25.7 Å². The molecule has 1 saturated carbocycles. The number of para-hydroxylation sites is 1. The molecule has 0 bridgehead atoms. The highest BCUT2D eigenvalue weighted by Gasteiger charge is 2.37. The van der Waals surface area contributed by atoms with Gasteiger partial charge in [-0.15, -0.1) is 0 Å². The van der Waals surface area contributed by atoms with E-state index in [1.165, 1.54) is 19.2 Å². The zero-order chi connectivity index (χ0) is 18.6. The van der Waals surface area contributed by atoms with Crippen LogP contribution in [0.5, 0.6) is 0 Å². The Morgan fingerprint density at radius 1 is 1.32 bits per heavy atom. The van der Waals surface area contributed by atoms with Gasteiger partial charge in [-0.3, -0.25) is 14.9 Å². The molecule has 1 aromatic rings. The van der Waals surface area contributed by atoms with Crippen LogP contribution in [-0.4, -0.2) is 38.5 Å². The number of methoxy groups -OCH3 is 1. The molecule has 3 N–H and O–H groups in total. The lowest BCUT2D eigenvalue weighted by Crippen LogP contribution is -2.48. The van der Waals surface area contributed by atoms with Crippen LogP contribution in [0.25, 0.3) is 0 Å². The van der Waals surface area contributed by atoms with Crippen molar-refractivity contribution in [3.63, 3.8) is 0 Å². The van der Waals surface area contributed by atoms with E-state index in [1.807, 2.05) is 0 Å². The van der Waals surface area contributed by atoms with Crippen molar-refractivity contribution in [2.45, 2.75) is 42.7 Å². The second-order valence-corrected chi connectivity index (χ2v) is 7.70. The zero-order valence-electron chi connectivity index (χ0n) is 13.8. The highest BCUT2D eigenvalue weighted by atomic mass is 32.2. The van der Waals surface area contributed by atoms with E-state index < -0.39 is 37.5 Å². The van der Waals surface area contributed by atoms with Gasteiger partial charge in [0.25, 0.3) is 5.69 Å². The summed E-state index contributed by atoms with van der Waals surface area (Å²) >= 11 is 0. The number of hydrogen-bond donors (Lipinski definition) is 2. The van der Waals surface area contributed by atoms with Crippen LogP contribution in [0.4, 0.5) is 5.69 Å². The summed E-state index contributed by atoms with van der Waals surface area (Å²) in [7, 11) is -3.11. The number of benzene rings is 1. The van der Waals surface area contributed by atoms with Crippen molar-refractivity contribution in [2.24, 2.45) is 11.7 Å². The maximum atomic E-state index is 12.6. The van der Waals surface area contributed by atoms with E-state index in [1.54, 1.807) is 0 Å². The predicted octanol–water partition coefficient (Wildman–Crippen LogP) is 0.932. The zero-order valence-corrected chi connectivity index (χ0v) is 14.6. The van der Waals surface area contributed by atoms with Gasteiger partial charge in [0, 0.05) is 12.1 Å². The van der Waals surface area contributed by atoms with Gasteiger partial charge >= 0.3 is 5.97 Å². The fraction of sp³-hybridized carbons (Fsp3) is 0.533. The number of carbonyl (C=O) groups is 1. The Balaban J connectivity index is 2.31. The largest absolute Gasteiger partial charge is 0.468 e. The maximum Gasteiger partial charge on any atom is 0.324 e. The fourth-order valence-electron chi connectivity index (χ4n) is 3.01. The third-order valence-electron chi connectivity index (χ3n) is 4.38. The van der Waals surface area contributed by atoms with Crippen molar-refractivity contribution in [1.82, 2.24) is 4.72 Å². The average Bonchev–Trinajstić information content (AvgIpc) is 2.60. The Labute approximate surface area is 145 Å². The normalized spacial score (nSPS) is 22.2. The fourth-order valence-corrected chi connectivity index (χ4v) is 4.43. The van der Waals surface area contributed by atoms with Gasteiger partial charge in [0.15, 0.2) is 4.90 Å². The summed E-state index contributed by atoms with van der Waals surface area (Å²) in [6.07, 6.45) is 2.48. The Bertz CT molecular complexity index is 743. The SMILES string of the molecule is COC(=O)[C@H](NS(=O)(=O)c1ccccc1[N+](=O)[O-])C1CCC(N)CC1. The summed E-state index contributed by atoms with van der Waals surface area (Å²) in [5.74, 6) is -0.993. The summed E-state index contributed by atoms with van der Waals surface area (Å²) < 4.78 is 32.3. The van der Waals surface area contributed by atoms with Gasteiger partial charge in [-0.2, -0.15) is 4.72 Å². The molecule has 1 fully saturated rings. The molecule has 1 atom stereocenters. The first-order valence-corrected chi connectivity index (χ1v) is 9.33. The van der Waals surface area contributed by atoms with E-state index in [2.05, 4.69) is 4.72 Å². The van der Waals surface area contributed by atoms with Crippen molar-refractivity contribution in [3.05, 3.63) is 34.4 Å². The molecule has 0 saturated heterocycles. The molecule has 0 heterocycles. The van der Waals surface area contributed by atoms with E-state index in [9.17, 15) is 23.3 Å². The number of nitrogens with one attached hydrogen (secondary N) is 1. The molecule has 2 rings (SSSR count). The molecule has 138 valence electrons. The van der Waals surface area contributed by atoms with Gasteiger partial charge in [-0.05, 0) is 37.7 Å². The van der Waals surface area contributed by atoms with Crippen LogP contribution in [0.15, 0.2) is 29.2 Å². The minimum absolute atomic E-state index is 0.0290. The summed E-state index contributed by atoms with van der Waals surface area (Å²) in [5, 5.41) is 11.1. The molecule has 1 aliphatic rings. The quantitative estimate of drug-likeness (QED) is 0.430. The number of nitro benzene ring substituents is 1. The number of sulfonamides is 1. The molecular formula is C15H21N3O6S. The molecule has 0 amide bonds. The first-order chi connectivity index (χ1) is 11.8. The number of ether oxygens (including phenoxy) is 1. The molecule has 9 nitrogen and oxygen atoms in total. The van der Waals surface area contributed by atoms with E-state index in [-0.39, 0.29) is 12.0 Å². The van der Waals surface area contributed by atoms with Gasteiger partial charge < -0.3 is 10.5 Å². The molecule has 0 unspecified atom stereocenters. The Kier molecular flexibility index (Phi) is 6.09. The van der Waals surface area contributed by atoms with Gasteiger partial charge in [0.05, 0.1) is 12.0 Å². The van der Waals surface area contributed by atoms with Crippen LogP contribution >= 0.6 is 0 Å². The molecule has 0 aromatic heterocycles. The lowest BCUT2D eigenvalue weighted by Gasteiger charge is -2.31. The minimum Gasteiger partial charge on any atom is -0.468 e. The lowest BCUT2D eigenvalue weighted by molar-refractivity contribution is -0.387. The minimum atomic E-state index is -4.28. The number of rotatable bonds is 6. The summed E-state index contributed by atoms with van der Waals surface area (Å²) in [4.78, 5) is 21.9. The second-order valence-electron chi connectivity index (χ2n) is 6.02. The number of hydrogen-bond acceptors (Lipinski definition) is 7. The Hall–Kier alpha value is -2.04. The van der Waals surface area contributed by atoms with E-state index >= 15 is 0 Å². The topological polar surface area (TPSA) is 142 Å². The van der Waals surface area contributed by atoms with Crippen molar-refractivity contribution >= 4 is 21.7 Å². The summed E-state index contributed by atoms with van der Waals surface area (Å²) in [6.45, 7) is 0. The smallest absolute Gasteiger partial charge is 0.324 e. The summed E-state index contributed by atoms with van der Waals surface area (Å²) in [5.41, 5.74) is 5.30. The number of carbonyl (C=O) groups excluding carboxylic acids is 1. The van der Waals surface area contributed by atoms with Crippen molar-refractivity contribution in [3.8, 4) is 0 Å². The predicted molar refractivity (Wildman–Crippen MR) is 89.2 cm³/mol. The van der Waals surface area contributed by atoms with Gasteiger partial charge in [0.2, 0.25) is 10.0 Å². The number of nitro groups is 1. The van der Waals surface area contributed by atoms with E-state index in [0.717, 1.165) is 12.1 Å². The second kappa shape index (κ2) is 7.89. The van der Waals surface area contributed by atoms with E-state index in [0.29, 0.717) is 25.7 Å². The molecular weight excluding hydrogens is 350 g/mol. The average molecular weight is 371 g/mol. The van der Waals surface area contributed by atoms with Gasteiger partial charge in [-0.1, -0.05) is 12.1 Å². The lowest BCUT2D eigenvalue weighted by atomic mass is 9.82. The van der Waals surface area contributed by atoms with Crippen LogP contribution in [-0.2, 0) is 19.6 Å². The number of nitrogens with two attached hydrogens (primary N) is 1. The van der Waals surface area contributed by atoms with E-state index in [4.69, 9.17) is 10.5 Å². The van der Waals surface area contributed by atoms with Crippen LogP contribution < -0.4 is 10.5 Å². The third kappa shape index (κ3) is 4.53. The molecule has 1 aliphatic carbocycles.